The Kier molecular flexibility index (Phi) is 5.18. The minimum absolute atomic E-state index is 0.386. The molecule has 0 spiro atoms. The first-order valence-corrected chi connectivity index (χ1v) is 7.77. The van der Waals surface area contributed by atoms with Crippen LogP contribution in [0.4, 0.5) is 0 Å². The molecular formula is C14H18BrNOS. The number of hydrogen-bond acceptors (Lipinski definition) is 3. The highest BCUT2D eigenvalue weighted by Gasteiger charge is 2.10. The summed E-state index contributed by atoms with van der Waals surface area (Å²) in [6.07, 6.45) is 0. The molecule has 2 aromatic rings. The minimum Gasteiger partial charge on any atom is -0.383 e. The SMILES string of the molecule is COCC(Br)CN(C)Cc1csc2ccccc12. The summed E-state index contributed by atoms with van der Waals surface area (Å²) >= 11 is 5.45. The van der Waals surface area contributed by atoms with Gasteiger partial charge in [-0.2, -0.15) is 0 Å². The molecule has 0 aliphatic rings. The van der Waals surface area contributed by atoms with Gasteiger partial charge in [0.05, 0.1) is 11.4 Å². The van der Waals surface area contributed by atoms with Crippen LogP contribution in [-0.4, -0.2) is 37.0 Å². The molecule has 1 aromatic heterocycles. The number of alkyl halides is 1. The average molecular weight is 328 g/mol. The Morgan fingerprint density at radius 1 is 1.39 bits per heavy atom. The van der Waals surface area contributed by atoms with E-state index in [1.165, 1.54) is 15.6 Å². The van der Waals surface area contributed by atoms with Crippen LogP contribution in [0.25, 0.3) is 10.1 Å². The van der Waals surface area contributed by atoms with Crippen LogP contribution in [-0.2, 0) is 11.3 Å². The topological polar surface area (TPSA) is 12.5 Å². The highest BCUT2D eigenvalue weighted by molar-refractivity contribution is 9.09. The van der Waals surface area contributed by atoms with Crippen LogP contribution >= 0.6 is 27.3 Å². The van der Waals surface area contributed by atoms with Crippen molar-refractivity contribution in [1.82, 2.24) is 4.90 Å². The van der Waals surface area contributed by atoms with Gasteiger partial charge in [0.1, 0.15) is 0 Å². The molecule has 2 rings (SSSR count). The number of rotatable bonds is 6. The molecule has 1 aromatic carbocycles. The zero-order chi connectivity index (χ0) is 13.0. The molecule has 0 N–H and O–H groups in total. The Balaban J connectivity index is 2.00. The smallest absolute Gasteiger partial charge is 0.0600 e. The summed E-state index contributed by atoms with van der Waals surface area (Å²) in [7, 11) is 3.89. The van der Waals surface area contributed by atoms with Gasteiger partial charge in [0.25, 0.3) is 0 Å². The number of nitrogens with zero attached hydrogens (tertiary/aromatic N) is 1. The van der Waals surface area contributed by atoms with Gasteiger partial charge < -0.3 is 9.64 Å². The normalized spacial score (nSPS) is 13.3. The van der Waals surface area contributed by atoms with Gasteiger partial charge in [-0.1, -0.05) is 34.1 Å². The molecule has 1 atom stereocenters. The maximum atomic E-state index is 5.14. The van der Waals surface area contributed by atoms with Crippen LogP contribution in [0, 0.1) is 0 Å². The lowest BCUT2D eigenvalue weighted by molar-refractivity contribution is 0.185. The molecule has 0 saturated heterocycles. The van der Waals surface area contributed by atoms with Crippen molar-refractivity contribution in [2.45, 2.75) is 11.4 Å². The van der Waals surface area contributed by atoms with Gasteiger partial charge >= 0.3 is 0 Å². The molecular weight excluding hydrogens is 310 g/mol. The summed E-state index contributed by atoms with van der Waals surface area (Å²) in [4.78, 5) is 2.71. The summed E-state index contributed by atoms with van der Waals surface area (Å²) in [5.41, 5.74) is 1.41. The summed E-state index contributed by atoms with van der Waals surface area (Å²) in [6, 6.07) is 8.59. The average Bonchev–Trinajstić information content (AvgIpc) is 2.73. The van der Waals surface area contributed by atoms with E-state index in [0.717, 1.165) is 19.7 Å². The second-order valence-electron chi connectivity index (χ2n) is 4.51. The first-order valence-electron chi connectivity index (χ1n) is 5.97. The third kappa shape index (κ3) is 3.54. The van der Waals surface area contributed by atoms with E-state index in [2.05, 4.69) is 57.5 Å². The third-order valence-electron chi connectivity index (χ3n) is 2.86. The second kappa shape index (κ2) is 6.66. The molecule has 0 saturated carbocycles. The number of halogens is 1. The van der Waals surface area contributed by atoms with Gasteiger partial charge in [-0.05, 0) is 29.4 Å². The predicted octanol–water partition coefficient (Wildman–Crippen LogP) is 3.74. The van der Waals surface area contributed by atoms with Crippen LogP contribution in [0.3, 0.4) is 0 Å². The van der Waals surface area contributed by atoms with Gasteiger partial charge in [-0.15, -0.1) is 11.3 Å². The Morgan fingerprint density at radius 3 is 2.94 bits per heavy atom. The molecule has 0 aliphatic carbocycles. The van der Waals surface area contributed by atoms with Gasteiger partial charge in [0.15, 0.2) is 0 Å². The van der Waals surface area contributed by atoms with Crippen molar-refractivity contribution in [3.05, 3.63) is 35.2 Å². The van der Waals surface area contributed by atoms with Gasteiger partial charge in [0.2, 0.25) is 0 Å². The van der Waals surface area contributed by atoms with Crippen LogP contribution in [0.15, 0.2) is 29.6 Å². The largest absolute Gasteiger partial charge is 0.383 e. The fourth-order valence-electron chi connectivity index (χ4n) is 2.08. The van der Waals surface area contributed by atoms with Crippen molar-refractivity contribution in [1.29, 1.82) is 0 Å². The number of methoxy groups -OCH3 is 1. The number of thiophene rings is 1. The standard InChI is InChI=1S/C14H18BrNOS/c1-16(8-12(15)9-17-2)7-11-10-18-14-6-4-3-5-13(11)14/h3-6,10,12H,7-9H2,1-2H3. The molecule has 0 amide bonds. The summed E-state index contributed by atoms with van der Waals surface area (Å²) < 4.78 is 6.51. The zero-order valence-corrected chi connectivity index (χ0v) is 13.1. The summed E-state index contributed by atoms with van der Waals surface area (Å²) in [6.45, 7) is 2.71. The van der Waals surface area contributed by atoms with E-state index in [9.17, 15) is 0 Å². The Hall–Kier alpha value is -0.420. The minimum atomic E-state index is 0.386. The lowest BCUT2D eigenvalue weighted by atomic mass is 10.1. The molecule has 0 aliphatic heterocycles. The molecule has 18 heavy (non-hydrogen) atoms. The van der Waals surface area contributed by atoms with Crippen LogP contribution < -0.4 is 0 Å². The van der Waals surface area contributed by atoms with E-state index in [4.69, 9.17) is 4.74 Å². The highest BCUT2D eigenvalue weighted by Crippen LogP contribution is 2.26. The molecule has 98 valence electrons. The van der Waals surface area contributed by atoms with Gasteiger partial charge in [-0.3, -0.25) is 0 Å². The maximum Gasteiger partial charge on any atom is 0.0600 e. The first-order chi connectivity index (χ1) is 8.70. The number of hydrogen-bond donors (Lipinski definition) is 0. The Labute approximate surface area is 121 Å². The third-order valence-corrected chi connectivity index (χ3v) is 4.42. The van der Waals surface area contributed by atoms with Crippen molar-refractivity contribution < 1.29 is 4.74 Å². The molecule has 1 heterocycles. The fraction of sp³-hybridized carbons (Fsp3) is 0.429. The van der Waals surface area contributed by atoms with Gasteiger partial charge in [-0.25, -0.2) is 0 Å². The summed E-state index contributed by atoms with van der Waals surface area (Å²) in [5, 5.41) is 3.65. The lowest BCUT2D eigenvalue weighted by Gasteiger charge is -2.19. The first kappa shape index (κ1) is 14.0. The Bertz CT molecular complexity index is 499. The van der Waals surface area contributed by atoms with E-state index in [-0.39, 0.29) is 0 Å². The van der Waals surface area contributed by atoms with Gasteiger partial charge in [0, 0.05) is 24.9 Å². The quantitative estimate of drug-likeness (QED) is 0.749. The van der Waals surface area contributed by atoms with E-state index in [0.29, 0.717) is 4.83 Å². The Morgan fingerprint density at radius 2 is 2.17 bits per heavy atom. The van der Waals surface area contributed by atoms with Crippen molar-refractivity contribution in [3.63, 3.8) is 0 Å². The number of fused-ring (bicyclic) bond motifs is 1. The van der Waals surface area contributed by atoms with Crippen molar-refractivity contribution in [3.8, 4) is 0 Å². The van der Waals surface area contributed by atoms with Crippen molar-refractivity contribution in [2.75, 3.05) is 27.3 Å². The van der Waals surface area contributed by atoms with E-state index >= 15 is 0 Å². The van der Waals surface area contributed by atoms with E-state index in [1.807, 2.05) is 11.3 Å². The number of ether oxygens (including phenoxy) is 1. The highest BCUT2D eigenvalue weighted by atomic mass is 79.9. The lowest BCUT2D eigenvalue weighted by Crippen LogP contribution is -2.27. The van der Waals surface area contributed by atoms with E-state index in [1.54, 1.807) is 7.11 Å². The second-order valence-corrected chi connectivity index (χ2v) is 6.71. The number of benzene rings is 1. The zero-order valence-electron chi connectivity index (χ0n) is 10.7. The maximum absolute atomic E-state index is 5.14. The van der Waals surface area contributed by atoms with Crippen LogP contribution in [0.5, 0.6) is 0 Å². The molecule has 0 fully saturated rings. The molecule has 1 unspecified atom stereocenters. The van der Waals surface area contributed by atoms with Crippen LogP contribution in [0.2, 0.25) is 0 Å². The molecule has 0 bridgehead atoms. The monoisotopic (exact) mass is 327 g/mol. The molecule has 2 nitrogen and oxygen atoms in total. The summed E-state index contributed by atoms with van der Waals surface area (Å²) in [5.74, 6) is 0. The van der Waals surface area contributed by atoms with Crippen molar-refractivity contribution >= 4 is 37.4 Å². The molecule has 4 heteroatoms. The predicted molar refractivity (Wildman–Crippen MR) is 82.8 cm³/mol. The van der Waals surface area contributed by atoms with Crippen molar-refractivity contribution in [2.24, 2.45) is 0 Å². The van der Waals surface area contributed by atoms with E-state index < -0.39 is 0 Å². The fourth-order valence-corrected chi connectivity index (χ4v) is 3.79. The van der Waals surface area contributed by atoms with Crippen LogP contribution in [0.1, 0.15) is 5.56 Å². The molecule has 0 radical (unpaired) electrons.